The minimum Gasteiger partial charge on any atom is -0.371 e. The van der Waals surface area contributed by atoms with Crippen LogP contribution >= 0.6 is 0 Å². The SMILES string of the molecule is Cn1cc(N[C@H](CC2CC2)C(=O)N2[C@H]3CC[C@@H]([C@@H]2C(=O)N[C@H](C#N)C[C@H]2CCCNC2=O)C(F)(F)C3)cn1. The van der Waals surface area contributed by atoms with E-state index in [1.54, 1.807) is 24.1 Å². The van der Waals surface area contributed by atoms with Crippen molar-refractivity contribution in [1.29, 1.82) is 5.26 Å². The second kappa shape index (κ2) is 10.5. The molecule has 3 amide bonds. The Hall–Kier alpha value is -3.23. The molecule has 1 aromatic heterocycles. The van der Waals surface area contributed by atoms with Crippen molar-refractivity contribution < 1.29 is 23.2 Å². The Balaban J connectivity index is 1.37. The Morgan fingerprint density at radius 1 is 1.26 bits per heavy atom. The maximum Gasteiger partial charge on any atom is 0.255 e. The Morgan fingerprint density at radius 2 is 2.05 bits per heavy atom. The normalized spacial score (nSPS) is 29.6. The van der Waals surface area contributed by atoms with Gasteiger partial charge in [-0.3, -0.25) is 19.1 Å². The number of hydrogen-bond donors (Lipinski definition) is 3. The van der Waals surface area contributed by atoms with E-state index in [-0.39, 0.29) is 24.7 Å². The second-order valence-electron chi connectivity index (χ2n) is 11.3. The van der Waals surface area contributed by atoms with Gasteiger partial charge in [-0.05, 0) is 44.4 Å². The van der Waals surface area contributed by atoms with Crippen LogP contribution in [-0.4, -0.2) is 69.0 Å². The van der Waals surface area contributed by atoms with E-state index in [1.165, 1.54) is 4.90 Å². The number of nitrogens with zero attached hydrogens (tertiary/aromatic N) is 4. The zero-order valence-corrected chi connectivity index (χ0v) is 21.5. The molecule has 206 valence electrons. The molecule has 0 aromatic carbocycles. The average molecular weight is 532 g/mol. The van der Waals surface area contributed by atoms with Crippen molar-refractivity contribution in [2.24, 2.45) is 24.8 Å². The van der Waals surface area contributed by atoms with Gasteiger partial charge in [-0.25, -0.2) is 8.78 Å². The number of piperidine rings is 3. The van der Waals surface area contributed by atoms with E-state index in [0.29, 0.717) is 37.4 Å². The summed E-state index contributed by atoms with van der Waals surface area (Å²) in [6.45, 7) is 0.575. The van der Waals surface area contributed by atoms with Gasteiger partial charge in [0.1, 0.15) is 18.1 Å². The molecule has 3 N–H and O–H groups in total. The summed E-state index contributed by atoms with van der Waals surface area (Å²) in [5, 5.41) is 22.5. The highest BCUT2D eigenvalue weighted by molar-refractivity contribution is 5.92. The van der Waals surface area contributed by atoms with Crippen LogP contribution in [0.25, 0.3) is 0 Å². The molecule has 38 heavy (non-hydrogen) atoms. The first-order valence-corrected chi connectivity index (χ1v) is 13.6. The molecule has 2 aliphatic carbocycles. The molecule has 0 spiro atoms. The number of nitrogens with one attached hydrogen (secondary N) is 3. The fourth-order valence-corrected chi connectivity index (χ4v) is 6.36. The van der Waals surface area contributed by atoms with Gasteiger partial charge in [0.25, 0.3) is 5.92 Å². The first-order valence-electron chi connectivity index (χ1n) is 13.6. The minimum atomic E-state index is -3.09. The summed E-state index contributed by atoms with van der Waals surface area (Å²) in [4.78, 5) is 41.1. The number of rotatable bonds is 9. The van der Waals surface area contributed by atoms with Gasteiger partial charge in [-0.2, -0.15) is 10.4 Å². The molecule has 3 aliphatic heterocycles. The zero-order valence-electron chi connectivity index (χ0n) is 21.5. The maximum atomic E-state index is 15.1. The number of fused-ring (bicyclic) bond motifs is 3. The number of hydrogen-bond acceptors (Lipinski definition) is 6. The van der Waals surface area contributed by atoms with Crippen molar-refractivity contribution in [3.63, 3.8) is 0 Å². The fraction of sp³-hybridized carbons (Fsp3) is 0.731. The fourth-order valence-electron chi connectivity index (χ4n) is 6.36. The molecular formula is C26H35F2N7O3. The van der Waals surface area contributed by atoms with Crippen LogP contribution in [0.1, 0.15) is 57.8 Å². The second-order valence-corrected chi connectivity index (χ2v) is 11.3. The van der Waals surface area contributed by atoms with Crippen molar-refractivity contribution in [2.45, 2.75) is 87.9 Å². The van der Waals surface area contributed by atoms with Gasteiger partial charge in [-0.15, -0.1) is 0 Å². The third kappa shape index (κ3) is 5.47. The molecule has 0 radical (unpaired) electrons. The number of amides is 3. The number of aryl methyl sites for hydroxylation is 1. The molecule has 10 nitrogen and oxygen atoms in total. The van der Waals surface area contributed by atoms with Gasteiger partial charge in [-0.1, -0.05) is 12.8 Å². The largest absolute Gasteiger partial charge is 0.371 e. The molecule has 0 unspecified atom stereocenters. The van der Waals surface area contributed by atoms with Crippen LogP contribution in [0.2, 0.25) is 0 Å². The molecule has 5 fully saturated rings. The minimum absolute atomic E-state index is 0.103. The lowest BCUT2D eigenvalue weighted by Crippen LogP contribution is -2.70. The molecule has 5 aliphatic rings. The van der Waals surface area contributed by atoms with Crippen LogP contribution in [0, 0.1) is 29.1 Å². The Kier molecular flexibility index (Phi) is 7.29. The predicted molar refractivity (Wildman–Crippen MR) is 133 cm³/mol. The van der Waals surface area contributed by atoms with Gasteiger partial charge in [0.2, 0.25) is 17.7 Å². The van der Waals surface area contributed by atoms with Crippen molar-refractivity contribution in [3.8, 4) is 6.07 Å². The van der Waals surface area contributed by atoms with Gasteiger partial charge < -0.3 is 20.9 Å². The van der Waals surface area contributed by atoms with Gasteiger partial charge in [0.05, 0.1) is 23.9 Å². The Bertz CT molecular complexity index is 1110. The first kappa shape index (κ1) is 26.4. The van der Waals surface area contributed by atoms with E-state index >= 15 is 8.78 Å². The molecule has 6 rings (SSSR count). The number of halogens is 2. The van der Waals surface area contributed by atoms with Crippen molar-refractivity contribution >= 4 is 23.4 Å². The highest BCUT2D eigenvalue weighted by atomic mass is 19.3. The van der Waals surface area contributed by atoms with Gasteiger partial charge >= 0.3 is 0 Å². The van der Waals surface area contributed by atoms with Crippen LogP contribution in [-0.2, 0) is 21.4 Å². The zero-order chi connectivity index (χ0) is 27.0. The van der Waals surface area contributed by atoms with E-state index in [4.69, 9.17) is 0 Å². The standard InChI is InChI=1S/C26H35F2N7O3/c1-34-14-18(13-31-34)32-21(9-15-4-5-15)25(38)35-19-6-7-20(26(27,28)11-19)22(35)24(37)33-17(12-29)10-16-3-2-8-30-23(16)36/h13-17,19-22,32H,2-11H2,1H3,(H,30,36)(H,33,37)/t16-,17+,19+,20+,21-,22-/m1/s1. The lowest BCUT2D eigenvalue weighted by Gasteiger charge is -2.54. The summed E-state index contributed by atoms with van der Waals surface area (Å²) >= 11 is 0. The van der Waals surface area contributed by atoms with E-state index in [0.717, 1.165) is 19.3 Å². The molecule has 2 bridgehead atoms. The average Bonchev–Trinajstić information content (AvgIpc) is 3.61. The van der Waals surface area contributed by atoms with E-state index in [1.807, 2.05) is 6.07 Å². The number of carbonyl (C=O) groups excluding carboxylic acids is 3. The Labute approximate surface area is 220 Å². The van der Waals surface area contributed by atoms with Crippen LogP contribution in [0.15, 0.2) is 12.4 Å². The molecule has 12 heteroatoms. The van der Waals surface area contributed by atoms with E-state index in [9.17, 15) is 19.6 Å². The highest BCUT2D eigenvalue weighted by Crippen LogP contribution is 2.49. The molecule has 2 saturated carbocycles. The summed E-state index contributed by atoms with van der Waals surface area (Å²) in [6.07, 6.45) is 7.44. The Morgan fingerprint density at radius 3 is 2.68 bits per heavy atom. The summed E-state index contributed by atoms with van der Waals surface area (Å²) < 4.78 is 31.8. The van der Waals surface area contributed by atoms with E-state index < -0.39 is 54.3 Å². The number of nitriles is 1. The lowest BCUT2D eigenvalue weighted by atomic mass is 9.71. The predicted octanol–water partition coefficient (Wildman–Crippen LogP) is 1.94. The van der Waals surface area contributed by atoms with Crippen molar-refractivity contribution in [1.82, 2.24) is 25.3 Å². The summed E-state index contributed by atoms with van der Waals surface area (Å²) in [5.74, 6) is -5.76. The monoisotopic (exact) mass is 531 g/mol. The number of carbonyl (C=O) groups is 3. The van der Waals surface area contributed by atoms with Crippen LogP contribution in [0.5, 0.6) is 0 Å². The van der Waals surface area contributed by atoms with Crippen molar-refractivity contribution in [2.75, 3.05) is 11.9 Å². The van der Waals surface area contributed by atoms with E-state index in [2.05, 4.69) is 21.0 Å². The first-order chi connectivity index (χ1) is 18.2. The molecule has 1 aromatic rings. The van der Waals surface area contributed by atoms with Crippen LogP contribution in [0.3, 0.4) is 0 Å². The highest BCUT2D eigenvalue weighted by Gasteiger charge is 2.61. The third-order valence-corrected chi connectivity index (χ3v) is 8.46. The topological polar surface area (TPSA) is 132 Å². The van der Waals surface area contributed by atoms with Crippen LogP contribution < -0.4 is 16.0 Å². The summed E-state index contributed by atoms with van der Waals surface area (Å²) in [5.41, 5.74) is 0.648. The maximum absolute atomic E-state index is 15.1. The summed E-state index contributed by atoms with van der Waals surface area (Å²) in [7, 11) is 1.76. The van der Waals surface area contributed by atoms with Gasteiger partial charge in [0, 0.05) is 38.2 Å². The number of aromatic nitrogens is 2. The van der Waals surface area contributed by atoms with Crippen molar-refractivity contribution in [3.05, 3.63) is 12.4 Å². The van der Waals surface area contributed by atoms with Crippen LogP contribution in [0.4, 0.5) is 14.5 Å². The smallest absolute Gasteiger partial charge is 0.255 e. The molecule has 3 saturated heterocycles. The molecular weight excluding hydrogens is 496 g/mol. The number of anilines is 1. The molecule has 4 heterocycles. The van der Waals surface area contributed by atoms with Gasteiger partial charge in [0.15, 0.2) is 0 Å². The quantitative estimate of drug-likeness (QED) is 0.446. The number of alkyl halides is 2. The summed E-state index contributed by atoms with van der Waals surface area (Å²) in [6, 6.07) is -1.81. The third-order valence-electron chi connectivity index (χ3n) is 8.46. The lowest BCUT2D eigenvalue weighted by molar-refractivity contribution is -0.194. The molecule has 6 atom stereocenters.